The smallest absolute Gasteiger partial charge is 0.307 e. The number of hydrogen-bond acceptors (Lipinski definition) is 4. The zero-order chi connectivity index (χ0) is 26.8. The number of carbonyl (C=O) groups excluding carboxylic acids is 2. The number of ether oxygens (including phenoxy) is 2. The van der Waals surface area contributed by atoms with E-state index in [1.165, 1.54) is 18.2 Å². The van der Waals surface area contributed by atoms with Crippen LogP contribution >= 0.6 is 0 Å². The first kappa shape index (κ1) is 28.0. The molecule has 5 heteroatoms. The molecule has 3 aromatic rings. The Morgan fingerprint density at radius 3 is 2.00 bits per heavy atom. The number of nitrogens with one attached hydrogen (secondary N) is 1. The molecule has 0 spiro atoms. The van der Waals surface area contributed by atoms with E-state index in [4.69, 9.17) is 4.74 Å². The number of hydrogen-bond donors (Lipinski definition) is 1. The first-order chi connectivity index (χ1) is 17.7. The normalized spacial score (nSPS) is 12.0. The van der Waals surface area contributed by atoms with Crippen LogP contribution in [0.15, 0.2) is 72.8 Å². The number of methoxy groups -OCH3 is 1. The lowest BCUT2D eigenvalue weighted by Gasteiger charge is -2.20. The molecule has 0 aliphatic heterocycles. The summed E-state index contributed by atoms with van der Waals surface area (Å²) in [7, 11) is 1.33. The van der Waals surface area contributed by atoms with Crippen LogP contribution in [0.3, 0.4) is 0 Å². The van der Waals surface area contributed by atoms with Gasteiger partial charge in [-0.05, 0) is 64.8 Å². The van der Waals surface area contributed by atoms with E-state index in [1.54, 1.807) is 12.1 Å². The molecule has 0 saturated carbocycles. The Hall–Kier alpha value is -3.60. The van der Waals surface area contributed by atoms with E-state index in [0.717, 1.165) is 36.1 Å². The highest BCUT2D eigenvalue weighted by atomic mass is 16.5. The molecule has 0 radical (unpaired) electrons. The van der Waals surface area contributed by atoms with E-state index >= 15 is 0 Å². The van der Waals surface area contributed by atoms with Gasteiger partial charge in [0.1, 0.15) is 11.9 Å². The van der Waals surface area contributed by atoms with Gasteiger partial charge in [0.15, 0.2) is 0 Å². The molecule has 196 valence electrons. The van der Waals surface area contributed by atoms with Crippen molar-refractivity contribution in [3.8, 4) is 16.9 Å². The van der Waals surface area contributed by atoms with Gasteiger partial charge in [-0.2, -0.15) is 0 Å². The zero-order valence-electron chi connectivity index (χ0n) is 22.7. The van der Waals surface area contributed by atoms with Crippen molar-refractivity contribution in [2.75, 3.05) is 13.7 Å². The van der Waals surface area contributed by atoms with Gasteiger partial charge in [0.05, 0.1) is 13.5 Å². The van der Waals surface area contributed by atoms with Crippen molar-refractivity contribution in [2.24, 2.45) is 0 Å². The van der Waals surface area contributed by atoms with E-state index < -0.39 is 0 Å². The Labute approximate surface area is 221 Å². The summed E-state index contributed by atoms with van der Waals surface area (Å²) in [4.78, 5) is 23.6. The second-order valence-electron chi connectivity index (χ2n) is 10.3. The minimum atomic E-state index is -0.349. The summed E-state index contributed by atoms with van der Waals surface area (Å²) < 4.78 is 11.0. The monoisotopic (exact) mass is 501 g/mol. The molecule has 1 N–H and O–H groups in total. The van der Waals surface area contributed by atoms with Gasteiger partial charge in [-0.3, -0.25) is 9.59 Å². The van der Waals surface area contributed by atoms with E-state index in [0.29, 0.717) is 5.56 Å². The molecule has 5 nitrogen and oxygen atoms in total. The lowest BCUT2D eigenvalue weighted by atomic mass is 9.86. The second-order valence-corrected chi connectivity index (χ2v) is 10.3. The highest BCUT2D eigenvalue weighted by Crippen LogP contribution is 2.30. The van der Waals surface area contributed by atoms with Crippen LogP contribution in [0.5, 0.6) is 5.75 Å². The number of carbonyl (C=O) groups is 2. The standard InChI is InChI=1S/C32H39NO4/c1-6-7-8-29(25-9-11-26(12-10-25)31(35)33-22-21-30(34)36-5)37-28-19-15-24(16-20-28)23-13-17-27(18-14-23)32(2,3)4/h9-20,29H,6-8,21-22H2,1-5H3,(H,33,35). The summed E-state index contributed by atoms with van der Waals surface area (Å²) in [6, 6.07) is 24.5. The SMILES string of the molecule is CCCCC(Oc1ccc(-c2ccc(C(C)(C)C)cc2)cc1)c1ccc(C(=O)NCCC(=O)OC)cc1. The molecule has 1 amide bonds. The lowest BCUT2D eigenvalue weighted by Crippen LogP contribution is -2.26. The molecular weight excluding hydrogens is 462 g/mol. The molecule has 0 aliphatic carbocycles. The first-order valence-electron chi connectivity index (χ1n) is 13.0. The molecule has 3 rings (SSSR count). The molecular formula is C32H39NO4. The number of esters is 1. The summed E-state index contributed by atoms with van der Waals surface area (Å²) in [6.07, 6.45) is 3.04. The van der Waals surface area contributed by atoms with Crippen molar-refractivity contribution in [3.63, 3.8) is 0 Å². The largest absolute Gasteiger partial charge is 0.486 e. The van der Waals surface area contributed by atoms with Crippen LogP contribution in [0.4, 0.5) is 0 Å². The number of rotatable bonds is 11. The Morgan fingerprint density at radius 1 is 0.865 bits per heavy atom. The minimum absolute atomic E-state index is 0.103. The van der Waals surface area contributed by atoms with E-state index in [1.807, 2.05) is 24.3 Å². The summed E-state index contributed by atoms with van der Waals surface area (Å²) in [6.45, 7) is 9.07. The minimum Gasteiger partial charge on any atom is -0.486 e. The average Bonchev–Trinajstić information content (AvgIpc) is 2.91. The van der Waals surface area contributed by atoms with Gasteiger partial charge >= 0.3 is 5.97 Å². The van der Waals surface area contributed by atoms with E-state index in [-0.39, 0.29) is 36.4 Å². The van der Waals surface area contributed by atoms with Crippen LogP contribution in [0.25, 0.3) is 11.1 Å². The molecule has 0 aromatic heterocycles. The number of amides is 1. The van der Waals surface area contributed by atoms with Gasteiger partial charge in [0.2, 0.25) is 0 Å². The van der Waals surface area contributed by atoms with E-state index in [2.05, 4.69) is 74.1 Å². The maximum Gasteiger partial charge on any atom is 0.307 e. The van der Waals surface area contributed by atoms with Crippen LogP contribution < -0.4 is 10.1 Å². The third kappa shape index (κ3) is 8.21. The van der Waals surface area contributed by atoms with Gasteiger partial charge in [-0.1, -0.05) is 82.6 Å². The van der Waals surface area contributed by atoms with Crippen molar-refractivity contribution in [3.05, 3.63) is 89.5 Å². The van der Waals surface area contributed by atoms with Crippen LogP contribution in [-0.2, 0) is 14.9 Å². The Bertz CT molecular complexity index is 1140. The molecule has 1 unspecified atom stereocenters. The molecule has 0 bridgehead atoms. The number of unbranched alkanes of at least 4 members (excludes halogenated alkanes) is 1. The van der Waals surface area contributed by atoms with E-state index in [9.17, 15) is 9.59 Å². The maximum absolute atomic E-state index is 12.4. The molecule has 0 aliphatic rings. The summed E-state index contributed by atoms with van der Waals surface area (Å²) in [5.74, 6) is 0.256. The van der Waals surface area contributed by atoms with Crippen molar-refractivity contribution in [1.82, 2.24) is 5.32 Å². The van der Waals surface area contributed by atoms with Crippen LogP contribution in [0.2, 0.25) is 0 Å². The first-order valence-corrected chi connectivity index (χ1v) is 13.0. The number of benzene rings is 3. The van der Waals surface area contributed by atoms with Crippen molar-refractivity contribution < 1.29 is 19.1 Å². The summed E-state index contributed by atoms with van der Waals surface area (Å²) >= 11 is 0. The third-order valence-corrected chi connectivity index (χ3v) is 6.42. The van der Waals surface area contributed by atoms with Crippen molar-refractivity contribution >= 4 is 11.9 Å². The molecule has 37 heavy (non-hydrogen) atoms. The highest BCUT2D eigenvalue weighted by molar-refractivity contribution is 5.94. The topological polar surface area (TPSA) is 64.6 Å². The summed E-state index contributed by atoms with van der Waals surface area (Å²) in [5, 5.41) is 2.74. The summed E-state index contributed by atoms with van der Waals surface area (Å²) in [5.41, 5.74) is 5.37. The van der Waals surface area contributed by atoms with Crippen molar-refractivity contribution in [1.29, 1.82) is 0 Å². The van der Waals surface area contributed by atoms with Crippen LogP contribution in [0.1, 0.15) is 81.0 Å². The van der Waals surface area contributed by atoms with Gasteiger partial charge in [0, 0.05) is 12.1 Å². The fourth-order valence-corrected chi connectivity index (χ4v) is 4.07. The molecule has 0 saturated heterocycles. The second kappa shape index (κ2) is 13.1. The highest BCUT2D eigenvalue weighted by Gasteiger charge is 2.16. The van der Waals surface area contributed by atoms with Gasteiger partial charge < -0.3 is 14.8 Å². The quantitative estimate of drug-likeness (QED) is 0.281. The predicted molar refractivity (Wildman–Crippen MR) is 149 cm³/mol. The molecule has 0 fully saturated rings. The van der Waals surface area contributed by atoms with Gasteiger partial charge in [-0.25, -0.2) is 0 Å². The van der Waals surface area contributed by atoms with Gasteiger partial charge in [-0.15, -0.1) is 0 Å². The van der Waals surface area contributed by atoms with Crippen LogP contribution in [-0.4, -0.2) is 25.5 Å². The van der Waals surface area contributed by atoms with Crippen LogP contribution in [0, 0.1) is 0 Å². The maximum atomic E-state index is 12.4. The fourth-order valence-electron chi connectivity index (χ4n) is 4.07. The fraction of sp³-hybridized carbons (Fsp3) is 0.375. The Morgan fingerprint density at radius 2 is 1.46 bits per heavy atom. The zero-order valence-corrected chi connectivity index (χ0v) is 22.7. The molecule has 3 aromatic carbocycles. The molecule has 1 atom stereocenters. The molecule has 0 heterocycles. The van der Waals surface area contributed by atoms with Crippen molar-refractivity contribution in [2.45, 2.75) is 64.9 Å². The Balaban J connectivity index is 1.67. The lowest BCUT2D eigenvalue weighted by molar-refractivity contribution is -0.140. The predicted octanol–water partition coefficient (Wildman–Crippen LogP) is 7.25. The Kier molecular flexibility index (Phi) is 9.90. The third-order valence-electron chi connectivity index (χ3n) is 6.42. The van der Waals surface area contributed by atoms with Gasteiger partial charge in [0.25, 0.3) is 5.91 Å². The average molecular weight is 502 g/mol.